The fourth-order valence-electron chi connectivity index (χ4n) is 0.522. The third-order valence-corrected chi connectivity index (χ3v) is 0.937. The van der Waals surface area contributed by atoms with E-state index in [4.69, 9.17) is 4.84 Å². The van der Waals surface area contributed by atoms with Crippen LogP contribution in [-0.4, -0.2) is 23.6 Å². The van der Waals surface area contributed by atoms with Crippen molar-refractivity contribution in [2.24, 2.45) is 0 Å². The molecule has 1 N–H and O–H groups in total. The maximum Gasteiger partial charge on any atom is 0.0775 e. The number of hydroxylamine groups is 1. The van der Waals surface area contributed by atoms with Gasteiger partial charge in [0.05, 0.1) is 6.10 Å². The van der Waals surface area contributed by atoms with Crippen LogP contribution in [0.4, 0.5) is 0 Å². The van der Waals surface area contributed by atoms with Crippen LogP contribution in [0.5, 0.6) is 0 Å². The second-order valence-corrected chi connectivity index (χ2v) is 1.61. The summed E-state index contributed by atoms with van der Waals surface area (Å²) in [4.78, 5) is 4.90. The summed E-state index contributed by atoms with van der Waals surface area (Å²) in [5, 5.41) is 0. The van der Waals surface area contributed by atoms with E-state index in [1.165, 1.54) is 0 Å². The Labute approximate surface area is 48.2 Å². The summed E-state index contributed by atoms with van der Waals surface area (Å²) in [5.41, 5.74) is 2.77. The summed E-state index contributed by atoms with van der Waals surface area (Å²) >= 11 is 0. The third kappa shape index (κ3) is 2.06. The van der Waals surface area contributed by atoms with Crippen molar-refractivity contribution < 1.29 is 4.84 Å². The van der Waals surface area contributed by atoms with Gasteiger partial charge in [-0.2, -0.15) is 0 Å². The second-order valence-electron chi connectivity index (χ2n) is 1.61. The van der Waals surface area contributed by atoms with Crippen LogP contribution in [-0.2, 0) is 4.84 Å². The molecular weight excluding hydrogens is 106 g/mol. The van der Waals surface area contributed by atoms with Gasteiger partial charge in [-0.25, -0.2) is 5.48 Å². The summed E-state index contributed by atoms with van der Waals surface area (Å²) in [6.07, 6.45) is 1.59. The smallest absolute Gasteiger partial charge is 0.0775 e. The first-order chi connectivity index (χ1) is 2.89. The first-order valence-corrected chi connectivity index (χ1v) is 2.28. The molecule has 1 fully saturated rings. The van der Waals surface area contributed by atoms with Gasteiger partial charge < -0.3 is 0 Å². The van der Waals surface area contributed by atoms with Crippen molar-refractivity contribution in [3.05, 3.63) is 0 Å². The Morgan fingerprint density at radius 2 is 2.43 bits per heavy atom. The van der Waals surface area contributed by atoms with Crippen molar-refractivity contribution in [1.82, 2.24) is 5.48 Å². The highest BCUT2D eigenvalue weighted by molar-refractivity contribution is 5.75. The predicted octanol–water partition coefficient (Wildman–Crippen LogP) is -1.15. The highest BCUT2D eigenvalue weighted by Crippen LogP contribution is 1.98. The highest BCUT2D eigenvalue weighted by atomic mass is 28.1. The summed E-state index contributed by atoms with van der Waals surface area (Å²) in [7, 11) is 0. The van der Waals surface area contributed by atoms with Gasteiger partial charge in [0, 0.05) is 6.54 Å². The standard InChI is InChI=1S/C4H9NO.H4Si/c1-4-2-3-5-6-4;/h4-5H,2-3H2,1H3;1H4. The van der Waals surface area contributed by atoms with Crippen LogP contribution in [0.3, 0.4) is 0 Å². The van der Waals surface area contributed by atoms with Crippen LogP contribution < -0.4 is 5.48 Å². The van der Waals surface area contributed by atoms with E-state index in [-0.39, 0.29) is 11.0 Å². The molecule has 1 rings (SSSR count). The lowest BCUT2D eigenvalue weighted by Gasteiger charge is -1.93. The normalized spacial score (nSPS) is 29.6. The van der Waals surface area contributed by atoms with Gasteiger partial charge in [0.25, 0.3) is 0 Å². The molecule has 1 atom stereocenters. The minimum atomic E-state index is 0. The molecule has 2 nitrogen and oxygen atoms in total. The molecule has 44 valence electrons. The van der Waals surface area contributed by atoms with E-state index in [9.17, 15) is 0 Å². The van der Waals surface area contributed by atoms with Crippen LogP contribution in [0.2, 0.25) is 0 Å². The molecule has 3 heteroatoms. The van der Waals surface area contributed by atoms with E-state index in [1.54, 1.807) is 0 Å². The largest absolute Gasteiger partial charge is 0.299 e. The molecule has 0 aliphatic carbocycles. The van der Waals surface area contributed by atoms with Crippen LogP contribution >= 0.6 is 0 Å². The van der Waals surface area contributed by atoms with Gasteiger partial charge in [0.2, 0.25) is 0 Å². The lowest BCUT2D eigenvalue weighted by molar-refractivity contribution is 0.0453. The van der Waals surface area contributed by atoms with Crippen LogP contribution in [0.15, 0.2) is 0 Å². The van der Waals surface area contributed by atoms with Crippen molar-refractivity contribution in [2.45, 2.75) is 19.4 Å². The minimum Gasteiger partial charge on any atom is -0.299 e. The van der Waals surface area contributed by atoms with Gasteiger partial charge in [0.15, 0.2) is 0 Å². The Bertz CT molecular complexity index is 45.0. The van der Waals surface area contributed by atoms with E-state index in [2.05, 4.69) is 12.4 Å². The summed E-state index contributed by atoms with van der Waals surface area (Å²) in [6, 6.07) is 0. The molecule has 7 heavy (non-hydrogen) atoms. The maximum absolute atomic E-state index is 4.90. The average molecular weight is 119 g/mol. The average Bonchev–Trinajstić information content (AvgIpc) is 1.86. The molecule has 1 heterocycles. The predicted molar refractivity (Wildman–Crippen MR) is 34.5 cm³/mol. The molecule has 0 saturated carbocycles. The lowest BCUT2D eigenvalue weighted by Crippen LogP contribution is -2.05. The molecule has 0 amide bonds. The summed E-state index contributed by atoms with van der Waals surface area (Å²) in [6.45, 7) is 3.07. The van der Waals surface area contributed by atoms with Gasteiger partial charge in [-0.05, 0) is 24.3 Å². The Morgan fingerprint density at radius 1 is 1.71 bits per heavy atom. The molecule has 0 aromatic rings. The van der Waals surface area contributed by atoms with E-state index in [0.717, 1.165) is 13.0 Å². The van der Waals surface area contributed by atoms with E-state index in [0.29, 0.717) is 6.10 Å². The Morgan fingerprint density at radius 3 is 2.57 bits per heavy atom. The van der Waals surface area contributed by atoms with Gasteiger partial charge in [-0.3, -0.25) is 4.84 Å². The molecule has 1 unspecified atom stereocenters. The molecule has 1 saturated heterocycles. The molecule has 0 aromatic heterocycles. The molecular formula is C4H13NOSi. The quantitative estimate of drug-likeness (QED) is 0.407. The van der Waals surface area contributed by atoms with Crippen molar-refractivity contribution >= 4 is 11.0 Å². The molecule has 0 spiro atoms. The summed E-state index contributed by atoms with van der Waals surface area (Å²) < 4.78 is 0. The number of hydrogen-bond acceptors (Lipinski definition) is 2. The van der Waals surface area contributed by atoms with Crippen molar-refractivity contribution in [2.75, 3.05) is 6.54 Å². The molecule has 0 bridgehead atoms. The fraction of sp³-hybridized carbons (Fsp3) is 1.00. The van der Waals surface area contributed by atoms with Crippen LogP contribution in [0.25, 0.3) is 0 Å². The monoisotopic (exact) mass is 119 g/mol. The zero-order valence-electron chi connectivity index (χ0n) is 3.90. The molecule has 0 radical (unpaired) electrons. The van der Waals surface area contributed by atoms with E-state index >= 15 is 0 Å². The lowest BCUT2D eigenvalue weighted by atomic mass is 10.3. The Balaban J connectivity index is 0.000000360. The minimum absolute atomic E-state index is 0. The number of rotatable bonds is 0. The van der Waals surface area contributed by atoms with Crippen LogP contribution in [0, 0.1) is 0 Å². The van der Waals surface area contributed by atoms with Gasteiger partial charge in [0.1, 0.15) is 0 Å². The zero-order valence-corrected chi connectivity index (χ0v) is 3.90. The van der Waals surface area contributed by atoms with Gasteiger partial charge in [-0.15, -0.1) is 0 Å². The van der Waals surface area contributed by atoms with Gasteiger partial charge in [-0.1, -0.05) is 0 Å². The molecule has 1 aliphatic rings. The molecule has 0 aromatic carbocycles. The zero-order chi connectivity index (χ0) is 4.41. The third-order valence-electron chi connectivity index (χ3n) is 0.937. The maximum atomic E-state index is 4.90. The topological polar surface area (TPSA) is 21.3 Å². The number of hydrogen-bond donors (Lipinski definition) is 1. The van der Waals surface area contributed by atoms with E-state index < -0.39 is 0 Å². The Kier molecular flexibility index (Phi) is 3.24. The van der Waals surface area contributed by atoms with Crippen molar-refractivity contribution in [3.63, 3.8) is 0 Å². The summed E-state index contributed by atoms with van der Waals surface area (Å²) in [5.74, 6) is 0. The first kappa shape index (κ1) is 7.14. The fourth-order valence-corrected chi connectivity index (χ4v) is 0.522. The molecule has 1 aliphatic heterocycles. The van der Waals surface area contributed by atoms with E-state index in [1.807, 2.05) is 0 Å². The Hall–Kier alpha value is 0.137. The highest BCUT2D eigenvalue weighted by Gasteiger charge is 2.06. The second kappa shape index (κ2) is 3.18. The van der Waals surface area contributed by atoms with Crippen LogP contribution in [0.1, 0.15) is 13.3 Å². The first-order valence-electron chi connectivity index (χ1n) is 2.28. The van der Waals surface area contributed by atoms with Gasteiger partial charge >= 0.3 is 0 Å². The number of nitrogens with one attached hydrogen (secondary N) is 1. The van der Waals surface area contributed by atoms with Crippen molar-refractivity contribution in [1.29, 1.82) is 0 Å². The van der Waals surface area contributed by atoms with Crippen molar-refractivity contribution in [3.8, 4) is 0 Å². The SMILES string of the molecule is CC1CCNO1.[SiH4].